The van der Waals surface area contributed by atoms with Gasteiger partial charge < -0.3 is 4.90 Å². The normalized spacial score (nSPS) is 15.2. The van der Waals surface area contributed by atoms with Crippen molar-refractivity contribution >= 4 is 21.8 Å². The highest BCUT2D eigenvalue weighted by atomic mass is 79.9. The van der Waals surface area contributed by atoms with Gasteiger partial charge >= 0.3 is 0 Å². The predicted octanol–water partition coefficient (Wildman–Crippen LogP) is 2.73. The van der Waals surface area contributed by atoms with Crippen molar-refractivity contribution in [2.24, 2.45) is 0 Å². The zero-order valence-electron chi connectivity index (χ0n) is 8.54. The minimum absolute atomic E-state index is 0.299. The van der Waals surface area contributed by atoms with Crippen molar-refractivity contribution in [3.63, 3.8) is 0 Å². The lowest BCUT2D eigenvalue weighted by Gasteiger charge is -2.20. The van der Waals surface area contributed by atoms with Gasteiger partial charge in [-0.25, -0.2) is 0 Å². The first-order valence-corrected chi connectivity index (χ1v) is 6.38. The molecule has 3 heteroatoms. The summed E-state index contributed by atoms with van der Waals surface area (Å²) in [5.74, 6) is 0.299. The smallest absolute Gasteiger partial charge is 0.223 e. The monoisotopic (exact) mass is 259 g/mol. The topological polar surface area (TPSA) is 20.3 Å². The molecule has 1 aliphatic rings. The predicted molar refractivity (Wildman–Crippen MR) is 62.6 cm³/mol. The third-order valence-electron chi connectivity index (χ3n) is 2.41. The third kappa shape index (κ3) is 3.82. The summed E-state index contributed by atoms with van der Waals surface area (Å²) in [7, 11) is 0. The molecule has 0 radical (unpaired) electrons. The molecular weight excluding hydrogens is 242 g/mol. The van der Waals surface area contributed by atoms with Gasteiger partial charge in [-0.3, -0.25) is 4.79 Å². The van der Waals surface area contributed by atoms with Crippen LogP contribution in [0.25, 0.3) is 0 Å². The second-order valence-electron chi connectivity index (χ2n) is 3.71. The minimum Gasteiger partial charge on any atom is -0.336 e. The molecule has 0 heterocycles. The SMILES string of the molecule is C=CCN(C(=O)CCCCBr)C1CC1. The average molecular weight is 260 g/mol. The van der Waals surface area contributed by atoms with Crippen molar-refractivity contribution in [3.05, 3.63) is 12.7 Å². The summed E-state index contributed by atoms with van der Waals surface area (Å²) in [5, 5.41) is 0.991. The number of carbonyl (C=O) groups excluding carboxylic acids is 1. The van der Waals surface area contributed by atoms with E-state index < -0.39 is 0 Å². The van der Waals surface area contributed by atoms with Crippen LogP contribution in [0.4, 0.5) is 0 Å². The molecule has 0 bridgehead atoms. The van der Waals surface area contributed by atoms with Crippen LogP contribution in [0.2, 0.25) is 0 Å². The zero-order valence-corrected chi connectivity index (χ0v) is 10.1. The Bertz CT molecular complexity index is 201. The van der Waals surface area contributed by atoms with Crippen molar-refractivity contribution in [2.45, 2.75) is 38.1 Å². The Morgan fingerprint density at radius 2 is 2.21 bits per heavy atom. The van der Waals surface area contributed by atoms with Gasteiger partial charge in [-0.1, -0.05) is 22.0 Å². The van der Waals surface area contributed by atoms with E-state index in [2.05, 4.69) is 22.5 Å². The second kappa shape index (κ2) is 6.23. The van der Waals surface area contributed by atoms with Crippen LogP contribution in [0.15, 0.2) is 12.7 Å². The van der Waals surface area contributed by atoms with E-state index >= 15 is 0 Å². The molecule has 0 aromatic rings. The lowest BCUT2D eigenvalue weighted by molar-refractivity contribution is -0.131. The first-order chi connectivity index (χ1) is 6.79. The fourth-order valence-corrected chi connectivity index (χ4v) is 1.89. The van der Waals surface area contributed by atoms with Crippen LogP contribution in [0, 0.1) is 0 Å². The average Bonchev–Trinajstić information content (AvgIpc) is 2.98. The molecule has 14 heavy (non-hydrogen) atoms. The summed E-state index contributed by atoms with van der Waals surface area (Å²) < 4.78 is 0. The molecule has 0 saturated heterocycles. The van der Waals surface area contributed by atoms with Crippen LogP contribution in [0.1, 0.15) is 32.1 Å². The molecule has 1 saturated carbocycles. The lowest BCUT2D eigenvalue weighted by atomic mass is 10.2. The molecule has 80 valence electrons. The van der Waals surface area contributed by atoms with E-state index in [9.17, 15) is 4.79 Å². The van der Waals surface area contributed by atoms with Gasteiger partial charge in [-0.05, 0) is 25.7 Å². The van der Waals surface area contributed by atoms with Crippen LogP contribution in [-0.2, 0) is 4.79 Å². The minimum atomic E-state index is 0.299. The molecular formula is C11H18BrNO. The summed E-state index contributed by atoms with van der Waals surface area (Å²) in [6.45, 7) is 4.41. The number of hydrogen-bond donors (Lipinski definition) is 0. The summed E-state index contributed by atoms with van der Waals surface area (Å²) in [6.07, 6.45) is 6.94. The molecule has 0 N–H and O–H groups in total. The lowest BCUT2D eigenvalue weighted by Crippen LogP contribution is -2.32. The second-order valence-corrected chi connectivity index (χ2v) is 4.51. The highest BCUT2D eigenvalue weighted by Gasteiger charge is 2.30. The molecule has 1 fully saturated rings. The van der Waals surface area contributed by atoms with Gasteiger partial charge in [-0.2, -0.15) is 0 Å². The van der Waals surface area contributed by atoms with E-state index in [1.165, 1.54) is 12.8 Å². The first-order valence-electron chi connectivity index (χ1n) is 5.26. The molecule has 0 atom stereocenters. The van der Waals surface area contributed by atoms with Gasteiger partial charge in [0.15, 0.2) is 0 Å². The van der Waals surface area contributed by atoms with Gasteiger partial charge in [0.1, 0.15) is 0 Å². The Morgan fingerprint density at radius 1 is 1.50 bits per heavy atom. The number of carbonyl (C=O) groups is 1. The molecule has 1 amide bonds. The van der Waals surface area contributed by atoms with E-state index in [-0.39, 0.29) is 0 Å². The number of halogens is 1. The van der Waals surface area contributed by atoms with Crippen molar-refractivity contribution in [1.29, 1.82) is 0 Å². The fourth-order valence-electron chi connectivity index (χ4n) is 1.49. The number of hydrogen-bond acceptors (Lipinski definition) is 1. The quantitative estimate of drug-likeness (QED) is 0.391. The zero-order chi connectivity index (χ0) is 10.4. The Balaban J connectivity index is 2.26. The Kier molecular flexibility index (Phi) is 5.23. The van der Waals surface area contributed by atoms with Crippen LogP contribution in [-0.4, -0.2) is 28.7 Å². The summed E-state index contributed by atoms with van der Waals surface area (Å²) >= 11 is 3.37. The molecule has 2 nitrogen and oxygen atoms in total. The van der Waals surface area contributed by atoms with Crippen molar-refractivity contribution in [2.75, 3.05) is 11.9 Å². The van der Waals surface area contributed by atoms with Crippen LogP contribution < -0.4 is 0 Å². The molecule has 1 aliphatic carbocycles. The number of alkyl halides is 1. The maximum Gasteiger partial charge on any atom is 0.223 e. The third-order valence-corrected chi connectivity index (χ3v) is 2.97. The Morgan fingerprint density at radius 3 is 2.71 bits per heavy atom. The number of rotatable bonds is 7. The molecule has 0 aliphatic heterocycles. The van der Waals surface area contributed by atoms with E-state index in [4.69, 9.17) is 0 Å². The van der Waals surface area contributed by atoms with E-state index in [1.54, 1.807) is 0 Å². The summed E-state index contributed by atoms with van der Waals surface area (Å²) in [4.78, 5) is 13.7. The van der Waals surface area contributed by atoms with Gasteiger partial charge in [0, 0.05) is 24.3 Å². The summed E-state index contributed by atoms with van der Waals surface area (Å²) in [6, 6.07) is 0.518. The van der Waals surface area contributed by atoms with Gasteiger partial charge in [0.05, 0.1) is 0 Å². The molecule has 0 unspecified atom stereocenters. The maximum absolute atomic E-state index is 11.8. The van der Waals surface area contributed by atoms with Crippen molar-refractivity contribution in [3.8, 4) is 0 Å². The largest absolute Gasteiger partial charge is 0.336 e. The molecule has 0 aromatic heterocycles. The maximum atomic E-state index is 11.8. The van der Waals surface area contributed by atoms with E-state index in [0.29, 0.717) is 18.4 Å². The van der Waals surface area contributed by atoms with Crippen molar-refractivity contribution in [1.82, 2.24) is 4.90 Å². The van der Waals surface area contributed by atoms with Gasteiger partial charge in [0.25, 0.3) is 0 Å². The van der Waals surface area contributed by atoms with Crippen LogP contribution in [0.5, 0.6) is 0 Å². The summed E-state index contributed by atoms with van der Waals surface area (Å²) in [5.41, 5.74) is 0. The molecule has 1 rings (SSSR count). The highest BCUT2D eigenvalue weighted by Crippen LogP contribution is 2.27. The van der Waals surface area contributed by atoms with Crippen LogP contribution in [0.3, 0.4) is 0 Å². The van der Waals surface area contributed by atoms with E-state index in [0.717, 1.165) is 24.7 Å². The van der Waals surface area contributed by atoms with Crippen molar-refractivity contribution < 1.29 is 4.79 Å². The van der Waals surface area contributed by atoms with Gasteiger partial charge in [0.2, 0.25) is 5.91 Å². The van der Waals surface area contributed by atoms with E-state index in [1.807, 2.05) is 11.0 Å². The van der Waals surface area contributed by atoms with Gasteiger partial charge in [-0.15, -0.1) is 6.58 Å². The Hall–Kier alpha value is -0.310. The molecule has 0 spiro atoms. The fraction of sp³-hybridized carbons (Fsp3) is 0.727. The highest BCUT2D eigenvalue weighted by molar-refractivity contribution is 9.09. The first kappa shape index (κ1) is 11.8. The number of unbranched alkanes of at least 4 members (excludes halogenated alkanes) is 1. The Labute approximate surface area is 94.5 Å². The van der Waals surface area contributed by atoms with Crippen LogP contribution >= 0.6 is 15.9 Å². The number of nitrogens with zero attached hydrogens (tertiary/aromatic N) is 1. The standard InChI is InChI=1S/C11H18BrNO/c1-2-9-13(10-6-7-10)11(14)5-3-4-8-12/h2,10H,1,3-9H2. The number of amides is 1. The molecule has 0 aromatic carbocycles.